The van der Waals surface area contributed by atoms with Crippen LogP contribution in [0.4, 0.5) is 0 Å². The molecule has 4 bridgehead atoms. The van der Waals surface area contributed by atoms with Gasteiger partial charge in [0.1, 0.15) is 23.7 Å². The van der Waals surface area contributed by atoms with Crippen molar-refractivity contribution in [2.75, 3.05) is 39.5 Å². The lowest BCUT2D eigenvalue weighted by molar-refractivity contribution is -0.708. The molecule has 0 aromatic heterocycles. The van der Waals surface area contributed by atoms with E-state index < -0.39 is 72.6 Å². The summed E-state index contributed by atoms with van der Waals surface area (Å²) in [5.74, 6) is -2.35. The highest BCUT2D eigenvalue weighted by atomic mass is 16.6. The van der Waals surface area contributed by atoms with Gasteiger partial charge in [0.25, 0.3) is 0 Å². The van der Waals surface area contributed by atoms with Gasteiger partial charge in [0.05, 0.1) is 67.9 Å². The molecule has 5 aliphatic heterocycles. The second kappa shape index (κ2) is 18.9. The van der Waals surface area contributed by atoms with E-state index in [1.54, 1.807) is 13.0 Å². The van der Waals surface area contributed by atoms with E-state index in [0.717, 1.165) is 70.9 Å². The topological polar surface area (TPSA) is 230 Å². The van der Waals surface area contributed by atoms with Gasteiger partial charge in [-0.2, -0.15) is 0 Å². The molecule has 0 amide bonds. The minimum absolute atomic E-state index is 0.0139. The lowest BCUT2D eigenvalue weighted by Gasteiger charge is -2.63. The van der Waals surface area contributed by atoms with Crippen LogP contribution in [0.3, 0.4) is 0 Å². The molecular weight excluding hydrogens is 769 g/mol. The van der Waals surface area contributed by atoms with Gasteiger partial charge in [0.2, 0.25) is 0 Å². The van der Waals surface area contributed by atoms with Crippen molar-refractivity contribution in [2.45, 2.75) is 152 Å². The summed E-state index contributed by atoms with van der Waals surface area (Å²) < 4.78 is 21.2. The van der Waals surface area contributed by atoms with Crippen molar-refractivity contribution in [3.05, 3.63) is 11.6 Å². The van der Waals surface area contributed by atoms with Crippen LogP contribution in [0.25, 0.3) is 0 Å². The number of rotatable bonds is 9. The third-order valence-electron chi connectivity index (χ3n) is 17.8. The van der Waals surface area contributed by atoms with Gasteiger partial charge >= 0.3 is 5.97 Å². The summed E-state index contributed by atoms with van der Waals surface area (Å²) in [6.45, 7) is 7.64. The zero-order valence-corrected chi connectivity index (χ0v) is 36.3. The maximum Gasteiger partial charge on any atom is 0.336 e. The van der Waals surface area contributed by atoms with E-state index >= 15 is 0 Å². The summed E-state index contributed by atoms with van der Waals surface area (Å²) in [5, 5.41) is 66.1. The second-order valence-corrected chi connectivity index (χ2v) is 20.6. The average Bonchev–Trinajstić information content (AvgIpc) is 3.28. The molecule has 3 aliphatic carbocycles. The Hall–Kier alpha value is -1.56. The molecule has 11 N–H and O–H groups in total. The smallest absolute Gasteiger partial charge is 0.336 e. The molecular formula is C46H77N4O10+. The van der Waals surface area contributed by atoms with Gasteiger partial charge in [-0.1, -0.05) is 13.0 Å². The Morgan fingerprint density at radius 1 is 0.967 bits per heavy atom. The van der Waals surface area contributed by atoms with E-state index in [1.165, 1.54) is 0 Å². The Morgan fingerprint density at radius 2 is 1.75 bits per heavy atom. The number of nitrogens with two attached hydrogens (primary N) is 2. The molecule has 21 unspecified atom stereocenters. The fourth-order valence-electron chi connectivity index (χ4n) is 14.9. The first-order chi connectivity index (χ1) is 28.9. The van der Waals surface area contributed by atoms with Gasteiger partial charge in [-0.25, -0.2) is 4.79 Å². The molecule has 8 fully saturated rings. The highest BCUT2D eigenvalue weighted by Crippen LogP contribution is 2.61. The number of quaternary nitrogens is 1. The third kappa shape index (κ3) is 8.31. The quantitative estimate of drug-likeness (QED) is 0.114. The molecule has 14 heteroatoms. The van der Waals surface area contributed by atoms with Crippen molar-refractivity contribution < 1.29 is 54.6 Å². The Balaban J connectivity index is 1.32. The summed E-state index contributed by atoms with van der Waals surface area (Å²) in [6, 6.07) is 0. The second-order valence-electron chi connectivity index (χ2n) is 20.6. The predicted octanol–water partition coefficient (Wildman–Crippen LogP) is 0.568. The van der Waals surface area contributed by atoms with E-state index in [2.05, 4.69) is 29.8 Å². The van der Waals surface area contributed by atoms with E-state index in [4.69, 9.17) is 19.9 Å². The number of allylic oxidation sites excluding steroid dienone is 1. The van der Waals surface area contributed by atoms with Crippen LogP contribution in [0, 0.1) is 71.0 Å². The number of aliphatic hydroxyl groups is 5. The number of nitrogens with one attached hydrogen (secondary N) is 2. The van der Waals surface area contributed by atoms with Crippen molar-refractivity contribution in [1.29, 1.82) is 0 Å². The number of ether oxygens (including phenoxy) is 3. The monoisotopic (exact) mass is 846 g/mol. The van der Waals surface area contributed by atoms with Gasteiger partial charge in [0.15, 0.2) is 0 Å². The van der Waals surface area contributed by atoms with Gasteiger partial charge in [0, 0.05) is 37.2 Å². The Kier molecular flexibility index (Phi) is 14.2. The number of esters is 1. The fourth-order valence-corrected chi connectivity index (χ4v) is 14.9. The van der Waals surface area contributed by atoms with Crippen LogP contribution >= 0.6 is 0 Å². The van der Waals surface area contributed by atoms with Gasteiger partial charge < -0.3 is 56.1 Å². The third-order valence-corrected chi connectivity index (χ3v) is 17.8. The minimum Gasteiger partial charge on any atom is -0.456 e. The maximum absolute atomic E-state index is 14.4. The molecule has 3 saturated carbocycles. The SMILES string of the molecule is CC=C(CO)C(=O)OC1CC2C(O)C3C(=O)CC(CO)OC3C3C2OC1(C)C(CC1CCC(NCC)[NH2+]C1)CC1CCC2CCC(O)CC2C(CO)C3C2CCNC(N)C12. The molecule has 14 nitrogen and oxygen atoms in total. The Labute approximate surface area is 356 Å². The number of Topliss-reactive ketones (excluding diaryl/α,β-unsaturated/α-hetero) is 1. The normalized spacial score (nSPS) is 49.6. The fraction of sp³-hybridized carbons (Fsp3) is 0.913. The number of aliphatic hydroxyl groups excluding tert-OH is 5. The Morgan fingerprint density at radius 3 is 2.45 bits per heavy atom. The lowest BCUT2D eigenvalue weighted by Crippen LogP contribution is -2.95. The van der Waals surface area contributed by atoms with Crippen molar-refractivity contribution >= 4 is 11.8 Å². The lowest BCUT2D eigenvalue weighted by atomic mass is 9.50. The van der Waals surface area contributed by atoms with Crippen LogP contribution in [0.2, 0.25) is 0 Å². The zero-order chi connectivity index (χ0) is 42.5. The highest BCUT2D eigenvalue weighted by Gasteiger charge is 2.67. The van der Waals surface area contributed by atoms with Crippen molar-refractivity contribution in [3.63, 3.8) is 0 Å². The molecule has 8 aliphatic rings. The van der Waals surface area contributed by atoms with Crippen LogP contribution in [0.5, 0.6) is 0 Å². The van der Waals surface area contributed by atoms with Crippen LogP contribution in [0.1, 0.15) is 97.8 Å². The van der Waals surface area contributed by atoms with Gasteiger partial charge in [-0.3, -0.25) is 10.1 Å². The van der Waals surface area contributed by atoms with Crippen LogP contribution in [0.15, 0.2) is 11.6 Å². The molecule has 0 spiro atoms. The average molecular weight is 846 g/mol. The molecule has 21 atom stereocenters. The molecule has 5 saturated heterocycles. The van der Waals surface area contributed by atoms with Crippen LogP contribution in [-0.4, -0.2) is 131 Å². The van der Waals surface area contributed by atoms with Gasteiger partial charge in [-0.05, 0) is 138 Å². The van der Waals surface area contributed by atoms with E-state index in [-0.39, 0.29) is 90.9 Å². The van der Waals surface area contributed by atoms with Crippen molar-refractivity contribution in [1.82, 2.24) is 10.6 Å². The number of piperidine rings is 2. The van der Waals surface area contributed by atoms with E-state index in [9.17, 15) is 35.1 Å². The highest BCUT2D eigenvalue weighted by molar-refractivity contribution is 5.88. The number of hydrogen-bond acceptors (Lipinski definition) is 13. The molecule has 0 radical (unpaired) electrons. The molecule has 0 aromatic carbocycles. The standard InChI is InChI=1S/C46H76N4O10/c1-4-24(20-51)45(57)59-35-18-32-41(56)39-34(55)17-29(21-52)58-43(39)40-38-30-12-13-49-44(47)37(30)26(8-7-25-9-10-28(54)16-31(25)33(38)22-53)15-27(46(35,3)60-42(32)40)14-23-6-11-36(48-5-2)50-19-23/h4,23,25-33,35-44,48-54,56H,5-22,47H2,1-3H3/p+1. The summed E-state index contributed by atoms with van der Waals surface area (Å²) in [7, 11) is 0. The Bertz CT molecular complexity index is 1530. The molecule has 0 aromatic rings. The summed E-state index contributed by atoms with van der Waals surface area (Å²) in [4.78, 5) is 28.3. The van der Waals surface area contributed by atoms with Crippen LogP contribution in [-0.2, 0) is 23.8 Å². The first-order valence-electron chi connectivity index (χ1n) is 23.9. The van der Waals surface area contributed by atoms with Gasteiger partial charge in [-0.15, -0.1) is 0 Å². The maximum atomic E-state index is 14.4. The minimum atomic E-state index is -1.16. The van der Waals surface area contributed by atoms with Crippen LogP contribution < -0.4 is 21.7 Å². The first kappa shape index (κ1) is 45.0. The molecule has 5 heterocycles. The summed E-state index contributed by atoms with van der Waals surface area (Å²) in [5.41, 5.74) is 6.45. The number of fused-ring (bicyclic) bond motifs is 5. The van der Waals surface area contributed by atoms with E-state index in [1.807, 2.05) is 0 Å². The summed E-state index contributed by atoms with van der Waals surface area (Å²) in [6.07, 6.45) is 6.02. The largest absolute Gasteiger partial charge is 0.456 e. The van der Waals surface area contributed by atoms with E-state index in [0.29, 0.717) is 25.0 Å². The summed E-state index contributed by atoms with van der Waals surface area (Å²) >= 11 is 0. The number of carbonyl (C=O) groups is 2. The first-order valence-corrected chi connectivity index (χ1v) is 23.9. The molecule has 340 valence electrons. The van der Waals surface area contributed by atoms with Crippen molar-refractivity contribution in [2.24, 2.45) is 76.7 Å². The van der Waals surface area contributed by atoms with Crippen molar-refractivity contribution in [3.8, 4) is 0 Å². The zero-order valence-electron chi connectivity index (χ0n) is 36.3. The predicted molar refractivity (Wildman–Crippen MR) is 221 cm³/mol. The number of ketones is 1. The number of hydrogen-bond donors (Lipinski definition) is 9. The molecule has 8 rings (SSSR count). The number of carbonyl (C=O) groups excluding carboxylic acids is 2. The molecule has 60 heavy (non-hydrogen) atoms.